The molecular formula is C9H21N3O. The maximum absolute atomic E-state index is 8.55. The topological polar surface area (TPSA) is 73.3 Å². The van der Waals surface area contributed by atoms with Crippen molar-refractivity contribution in [1.29, 1.82) is 5.41 Å². The summed E-state index contributed by atoms with van der Waals surface area (Å²) < 4.78 is 0. The van der Waals surface area contributed by atoms with E-state index < -0.39 is 0 Å². The monoisotopic (exact) mass is 187 g/mol. The van der Waals surface area contributed by atoms with Crippen LogP contribution in [-0.4, -0.2) is 42.6 Å². The lowest BCUT2D eigenvalue weighted by Crippen LogP contribution is -2.25. The lowest BCUT2D eigenvalue weighted by atomic mass is 10.2. The van der Waals surface area contributed by atoms with Crippen LogP contribution < -0.4 is 5.73 Å². The zero-order chi connectivity index (χ0) is 10.1. The molecule has 0 radical (unpaired) electrons. The highest BCUT2D eigenvalue weighted by molar-refractivity contribution is 5.76. The van der Waals surface area contributed by atoms with Gasteiger partial charge in [-0.05, 0) is 32.9 Å². The van der Waals surface area contributed by atoms with Gasteiger partial charge in [-0.25, -0.2) is 0 Å². The van der Waals surface area contributed by atoms with E-state index in [0.29, 0.717) is 6.42 Å². The van der Waals surface area contributed by atoms with Gasteiger partial charge in [0, 0.05) is 19.6 Å². The fourth-order valence-electron chi connectivity index (χ4n) is 1.09. The first-order chi connectivity index (χ1) is 6.16. The molecule has 0 aliphatic rings. The van der Waals surface area contributed by atoms with Gasteiger partial charge in [0.2, 0.25) is 0 Å². The SMILES string of the molecule is CN(CCCCCO)CCC(=N)N. The van der Waals surface area contributed by atoms with E-state index in [1.165, 1.54) is 0 Å². The smallest absolute Gasteiger partial charge is 0.0918 e. The highest BCUT2D eigenvalue weighted by Crippen LogP contribution is 1.97. The maximum Gasteiger partial charge on any atom is 0.0918 e. The number of aliphatic hydroxyl groups is 1. The lowest BCUT2D eigenvalue weighted by molar-refractivity contribution is 0.274. The summed E-state index contributed by atoms with van der Waals surface area (Å²) in [6, 6.07) is 0. The predicted molar refractivity (Wildman–Crippen MR) is 55.0 cm³/mol. The minimum absolute atomic E-state index is 0.252. The fourth-order valence-corrected chi connectivity index (χ4v) is 1.09. The molecule has 0 aliphatic heterocycles. The second kappa shape index (κ2) is 8.01. The normalized spacial score (nSPS) is 10.7. The van der Waals surface area contributed by atoms with E-state index in [4.69, 9.17) is 16.2 Å². The summed E-state index contributed by atoms with van der Waals surface area (Å²) in [6.45, 7) is 2.17. The third kappa shape index (κ3) is 9.30. The van der Waals surface area contributed by atoms with Crippen LogP contribution in [0.5, 0.6) is 0 Å². The van der Waals surface area contributed by atoms with Crippen molar-refractivity contribution in [2.45, 2.75) is 25.7 Å². The van der Waals surface area contributed by atoms with Crippen molar-refractivity contribution in [2.75, 3.05) is 26.7 Å². The molecule has 0 rings (SSSR count). The Hall–Kier alpha value is -0.610. The number of unbranched alkanes of at least 4 members (excludes halogenated alkanes) is 2. The molecule has 0 amide bonds. The Morgan fingerprint density at radius 3 is 2.54 bits per heavy atom. The van der Waals surface area contributed by atoms with Crippen LogP contribution >= 0.6 is 0 Å². The largest absolute Gasteiger partial charge is 0.396 e. The molecule has 0 heterocycles. The van der Waals surface area contributed by atoms with Gasteiger partial charge in [-0.1, -0.05) is 0 Å². The molecule has 0 bridgehead atoms. The number of nitrogens with zero attached hydrogens (tertiary/aromatic N) is 1. The summed E-state index contributed by atoms with van der Waals surface area (Å²) in [6.07, 6.45) is 3.72. The standard InChI is InChI=1S/C9H21N3O/c1-12(7-5-9(10)11)6-3-2-4-8-13/h13H,2-8H2,1H3,(H3,10,11). The molecule has 0 aromatic carbocycles. The summed E-state index contributed by atoms with van der Waals surface area (Å²) in [5.41, 5.74) is 5.24. The molecule has 4 nitrogen and oxygen atoms in total. The molecule has 13 heavy (non-hydrogen) atoms. The third-order valence-corrected chi connectivity index (χ3v) is 1.96. The van der Waals surface area contributed by atoms with E-state index in [2.05, 4.69) is 4.90 Å². The van der Waals surface area contributed by atoms with Crippen molar-refractivity contribution in [3.05, 3.63) is 0 Å². The van der Waals surface area contributed by atoms with Crippen LogP contribution in [0.2, 0.25) is 0 Å². The molecular weight excluding hydrogens is 166 g/mol. The number of amidine groups is 1. The van der Waals surface area contributed by atoms with Gasteiger partial charge < -0.3 is 15.7 Å². The van der Waals surface area contributed by atoms with Crippen molar-refractivity contribution in [1.82, 2.24) is 4.90 Å². The molecule has 0 fully saturated rings. The van der Waals surface area contributed by atoms with Crippen LogP contribution in [0.4, 0.5) is 0 Å². The Morgan fingerprint density at radius 2 is 2.00 bits per heavy atom. The van der Waals surface area contributed by atoms with Crippen LogP contribution in [0.1, 0.15) is 25.7 Å². The van der Waals surface area contributed by atoms with Crippen molar-refractivity contribution >= 4 is 5.84 Å². The van der Waals surface area contributed by atoms with E-state index in [1.54, 1.807) is 0 Å². The zero-order valence-electron chi connectivity index (χ0n) is 8.42. The van der Waals surface area contributed by atoms with Gasteiger partial charge in [-0.2, -0.15) is 0 Å². The van der Waals surface area contributed by atoms with Crippen molar-refractivity contribution in [3.63, 3.8) is 0 Å². The molecule has 0 unspecified atom stereocenters. The van der Waals surface area contributed by atoms with Gasteiger partial charge in [0.05, 0.1) is 5.84 Å². The Kier molecular flexibility index (Phi) is 7.63. The first-order valence-electron chi connectivity index (χ1n) is 4.79. The number of hydrogen-bond acceptors (Lipinski definition) is 3. The van der Waals surface area contributed by atoms with Gasteiger partial charge in [0.25, 0.3) is 0 Å². The van der Waals surface area contributed by atoms with Gasteiger partial charge in [0.15, 0.2) is 0 Å². The first kappa shape index (κ1) is 12.4. The quantitative estimate of drug-likeness (QED) is 0.293. The van der Waals surface area contributed by atoms with Crippen molar-refractivity contribution in [2.24, 2.45) is 5.73 Å². The Labute approximate surface area is 80.2 Å². The second-order valence-corrected chi connectivity index (χ2v) is 3.36. The van der Waals surface area contributed by atoms with Crippen LogP contribution in [0.25, 0.3) is 0 Å². The molecule has 4 N–H and O–H groups in total. The first-order valence-corrected chi connectivity index (χ1v) is 4.79. The fraction of sp³-hybridized carbons (Fsp3) is 0.889. The number of rotatable bonds is 8. The van der Waals surface area contributed by atoms with Crippen LogP contribution in [0.3, 0.4) is 0 Å². The van der Waals surface area contributed by atoms with E-state index in [0.717, 1.165) is 32.4 Å². The summed E-state index contributed by atoms with van der Waals surface area (Å²) >= 11 is 0. The number of nitrogens with two attached hydrogens (primary N) is 1. The van der Waals surface area contributed by atoms with Crippen molar-refractivity contribution in [3.8, 4) is 0 Å². The van der Waals surface area contributed by atoms with E-state index in [9.17, 15) is 0 Å². The summed E-state index contributed by atoms with van der Waals surface area (Å²) in [4.78, 5) is 2.17. The maximum atomic E-state index is 8.55. The second-order valence-electron chi connectivity index (χ2n) is 3.36. The average molecular weight is 187 g/mol. The highest BCUT2D eigenvalue weighted by Gasteiger charge is 1.98. The van der Waals surface area contributed by atoms with Crippen LogP contribution in [0.15, 0.2) is 0 Å². The Bertz CT molecular complexity index is 139. The number of aliphatic hydroxyl groups excluding tert-OH is 1. The third-order valence-electron chi connectivity index (χ3n) is 1.96. The van der Waals surface area contributed by atoms with Crippen LogP contribution in [-0.2, 0) is 0 Å². The molecule has 4 heteroatoms. The molecule has 78 valence electrons. The Balaban J connectivity index is 3.19. The minimum Gasteiger partial charge on any atom is -0.396 e. The Morgan fingerprint density at radius 1 is 1.31 bits per heavy atom. The predicted octanol–water partition coefficient (Wildman–Crippen LogP) is 0.407. The van der Waals surface area contributed by atoms with Gasteiger partial charge >= 0.3 is 0 Å². The van der Waals surface area contributed by atoms with Gasteiger partial charge in [0.1, 0.15) is 0 Å². The zero-order valence-corrected chi connectivity index (χ0v) is 8.42. The summed E-state index contributed by atoms with van der Waals surface area (Å²) in [7, 11) is 2.03. The molecule has 0 aliphatic carbocycles. The summed E-state index contributed by atoms with van der Waals surface area (Å²) in [5, 5.41) is 15.6. The lowest BCUT2D eigenvalue weighted by Gasteiger charge is -2.15. The molecule has 0 saturated carbocycles. The van der Waals surface area contributed by atoms with E-state index >= 15 is 0 Å². The number of hydrogen-bond donors (Lipinski definition) is 3. The highest BCUT2D eigenvalue weighted by atomic mass is 16.2. The van der Waals surface area contributed by atoms with Gasteiger partial charge in [-0.3, -0.25) is 5.41 Å². The van der Waals surface area contributed by atoms with E-state index in [1.807, 2.05) is 7.05 Å². The van der Waals surface area contributed by atoms with Crippen molar-refractivity contribution < 1.29 is 5.11 Å². The molecule has 0 atom stereocenters. The summed E-state index contributed by atoms with van der Waals surface area (Å²) in [5.74, 6) is 0.252. The molecule has 0 aromatic rings. The molecule has 0 saturated heterocycles. The van der Waals surface area contributed by atoms with E-state index in [-0.39, 0.29) is 12.4 Å². The number of nitrogens with one attached hydrogen (secondary N) is 1. The average Bonchev–Trinajstić information content (AvgIpc) is 2.09. The molecule has 0 spiro atoms. The van der Waals surface area contributed by atoms with Crippen LogP contribution in [0, 0.1) is 5.41 Å². The van der Waals surface area contributed by atoms with Gasteiger partial charge in [-0.15, -0.1) is 0 Å². The molecule has 0 aromatic heterocycles. The minimum atomic E-state index is 0.252.